The highest BCUT2D eigenvalue weighted by atomic mass is 35.5. The van der Waals surface area contributed by atoms with Gasteiger partial charge in [0.1, 0.15) is 10.8 Å². The van der Waals surface area contributed by atoms with Gasteiger partial charge in [0, 0.05) is 41.4 Å². The molecule has 2 aromatic carbocycles. The lowest BCUT2D eigenvalue weighted by Gasteiger charge is -2.27. The second kappa shape index (κ2) is 8.98. The Balaban J connectivity index is 0.00000218. The van der Waals surface area contributed by atoms with Crippen molar-refractivity contribution in [2.75, 3.05) is 6.54 Å². The third-order valence-electron chi connectivity index (χ3n) is 5.38. The highest BCUT2D eigenvalue weighted by Gasteiger charge is 2.27. The largest absolute Gasteiger partial charge is 0.300 e. The molecule has 0 spiro atoms. The summed E-state index contributed by atoms with van der Waals surface area (Å²) in [6.07, 6.45) is 1.52. The van der Waals surface area contributed by atoms with Crippen LogP contribution >= 0.6 is 35.1 Å². The van der Waals surface area contributed by atoms with Gasteiger partial charge in [-0.3, -0.25) is 9.69 Å². The molecule has 1 aliphatic heterocycles. The predicted molar refractivity (Wildman–Crippen MR) is 129 cm³/mol. The molecule has 0 fully saturated rings. The predicted octanol–water partition coefficient (Wildman–Crippen LogP) is 6.14. The fourth-order valence-corrected chi connectivity index (χ4v) is 6.67. The summed E-state index contributed by atoms with van der Waals surface area (Å²) >= 11 is 3.56. The first-order valence-corrected chi connectivity index (χ1v) is 11.6. The van der Waals surface area contributed by atoms with E-state index in [1.807, 2.05) is 17.4 Å². The summed E-state index contributed by atoms with van der Waals surface area (Å²) in [5, 5.41) is 1.07. The quantitative estimate of drug-likeness (QED) is 0.363. The molecule has 0 radical (unpaired) electrons. The van der Waals surface area contributed by atoms with Crippen molar-refractivity contribution in [3.63, 3.8) is 0 Å². The molecule has 6 heteroatoms. The summed E-state index contributed by atoms with van der Waals surface area (Å²) < 4.78 is 1.21. The Morgan fingerprint density at radius 2 is 1.83 bits per heavy atom. The number of hydrogen-bond donors (Lipinski definition) is 0. The van der Waals surface area contributed by atoms with Crippen molar-refractivity contribution in [3.8, 4) is 10.6 Å². The molecular formula is C24H23ClN2OS2. The third kappa shape index (κ3) is 4.21. The molecule has 3 nitrogen and oxygen atoms in total. The van der Waals surface area contributed by atoms with E-state index in [1.165, 1.54) is 31.1 Å². The molecule has 30 heavy (non-hydrogen) atoms. The zero-order chi connectivity index (χ0) is 19.8. The zero-order valence-electron chi connectivity index (χ0n) is 16.8. The lowest BCUT2D eigenvalue weighted by molar-refractivity contribution is -0.116. The molecule has 154 valence electrons. The number of rotatable bonds is 5. The van der Waals surface area contributed by atoms with Crippen molar-refractivity contribution in [2.45, 2.75) is 32.9 Å². The van der Waals surface area contributed by atoms with Crippen LogP contribution < -0.4 is 0 Å². The van der Waals surface area contributed by atoms with Crippen LogP contribution in [-0.4, -0.2) is 22.2 Å². The first kappa shape index (κ1) is 21.2. The molecule has 0 amide bonds. The Morgan fingerprint density at radius 3 is 2.60 bits per heavy atom. The summed E-state index contributed by atoms with van der Waals surface area (Å²) in [5.41, 5.74) is 5.04. The Bertz CT molecular complexity index is 1150. The molecule has 4 aromatic rings. The maximum Gasteiger partial charge on any atom is 0.135 e. The summed E-state index contributed by atoms with van der Waals surface area (Å²) in [5.74, 6) is 0.215. The van der Waals surface area contributed by atoms with Crippen LogP contribution in [-0.2, 0) is 30.7 Å². The van der Waals surface area contributed by atoms with E-state index in [0.29, 0.717) is 6.42 Å². The van der Waals surface area contributed by atoms with Crippen LogP contribution in [0, 0.1) is 0 Å². The summed E-state index contributed by atoms with van der Waals surface area (Å²) in [6.45, 7) is 4.64. The SMILES string of the molecule is CC(=O)Cc1sc2c(c1-c1nc3ccccc3s1)CCN(Cc1ccccc1)C2.Cl. The molecule has 0 atom stereocenters. The van der Waals surface area contributed by atoms with Crippen LogP contribution in [0.25, 0.3) is 20.8 Å². The monoisotopic (exact) mass is 454 g/mol. The van der Waals surface area contributed by atoms with Gasteiger partial charge in [-0.05, 0) is 36.6 Å². The highest BCUT2D eigenvalue weighted by Crippen LogP contribution is 2.43. The zero-order valence-corrected chi connectivity index (χ0v) is 19.2. The number of carbonyl (C=O) groups is 1. The maximum absolute atomic E-state index is 12.0. The number of thiazole rings is 1. The molecule has 2 aromatic heterocycles. The van der Waals surface area contributed by atoms with Gasteiger partial charge in [0.2, 0.25) is 0 Å². The first-order chi connectivity index (χ1) is 14.2. The van der Waals surface area contributed by atoms with E-state index in [1.54, 1.807) is 18.3 Å². The number of fused-ring (bicyclic) bond motifs is 2. The number of nitrogens with zero attached hydrogens (tertiary/aromatic N) is 2. The average molecular weight is 455 g/mol. The highest BCUT2D eigenvalue weighted by molar-refractivity contribution is 7.22. The number of ketones is 1. The number of para-hydroxylation sites is 1. The van der Waals surface area contributed by atoms with Crippen molar-refractivity contribution >= 4 is 51.1 Å². The van der Waals surface area contributed by atoms with Gasteiger partial charge in [0.15, 0.2) is 0 Å². The second-order valence-corrected chi connectivity index (χ2v) is 9.83. The van der Waals surface area contributed by atoms with Crippen LogP contribution in [0.15, 0.2) is 54.6 Å². The van der Waals surface area contributed by atoms with Crippen LogP contribution in [0.3, 0.4) is 0 Å². The maximum atomic E-state index is 12.0. The molecule has 1 aliphatic rings. The van der Waals surface area contributed by atoms with Gasteiger partial charge in [-0.1, -0.05) is 42.5 Å². The van der Waals surface area contributed by atoms with Crippen LogP contribution in [0.4, 0.5) is 0 Å². The van der Waals surface area contributed by atoms with E-state index in [-0.39, 0.29) is 18.2 Å². The molecule has 0 unspecified atom stereocenters. The minimum Gasteiger partial charge on any atom is -0.300 e. The minimum absolute atomic E-state index is 0. The number of Topliss-reactive ketones (excluding diaryl/α,β-unsaturated/α-hetero) is 1. The number of thiophene rings is 1. The van der Waals surface area contributed by atoms with Crippen molar-refractivity contribution in [1.29, 1.82) is 0 Å². The molecule has 0 N–H and O–H groups in total. The van der Waals surface area contributed by atoms with Crippen LogP contribution in [0.2, 0.25) is 0 Å². The summed E-state index contributed by atoms with van der Waals surface area (Å²) in [7, 11) is 0. The second-order valence-electron chi connectivity index (χ2n) is 7.61. The summed E-state index contributed by atoms with van der Waals surface area (Å²) in [6, 6.07) is 18.9. The first-order valence-electron chi connectivity index (χ1n) is 9.92. The smallest absolute Gasteiger partial charge is 0.135 e. The van der Waals surface area contributed by atoms with E-state index >= 15 is 0 Å². The van der Waals surface area contributed by atoms with Gasteiger partial charge in [-0.15, -0.1) is 35.1 Å². The van der Waals surface area contributed by atoms with Gasteiger partial charge < -0.3 is 0 Å². The fourth-order valence-electron chi connectivity index (χ4n) is 4.07. The molecule has 0 saturated heterocycles. The number of halogens is 1. The van der Waals surface area contributed by atoms with E-state index in [0.717, 1.165) is 36.6 Å². The van der Waals surface area contributed by atoms with Gasteiger partial charge >= 0.3 is 0 Å². The standard InChI is InChI=1S/C24H22N2OS2.ClH/c1-16(27)13-21-23(24-25-19-9-5-6-10-20(19)29-24)18-11-12-26(15-22(18)28-21)14-17-7-3-2-4-8-17;/h2-10H,11-15H2,1H3;1H. The number of benzene rings is 2. The molecule has 0 saturated carbocycles. The molecule has 5 rings (SSSR count). The fraction of sp³-hybridized carbons (Fsp3) is 0.250. The number of carbonyl (C=O) groups excluding carboxylic acids is 1. The third-order valence-corrected chi connectivity index (χ3v) is 7.65. The Labute approximate surface area is 190 Å². The van der Waals surface area contributed by atoms with Crippen LogP contribution in [0.1, 0.15) is 27.8 Å². The lowest BCUT2D eigenvalue weighted by Crippen LogP contribution is -2.29. The van der Waals surface area contributed by atoms with Gasteiger partial charge in [0.05, 0.1) is 10.2 Å². The van der Waals surface area contributed by atoms with E-state index in [9.17, 15) is 4.79 Å². The topological polar surface area (TPSA) is 33.2 Å². The van der Waals surface area contributed by atoms with E-state index < -0.39 is 0 Å². The average Bonchev–Trinajstić information content (AvgIpc) is 3.28. The van der Waals surface area contributed by atoms with Gasteiger partial charge in [0.25, 0.3) is 0 Å². The Kier molecular flexibility index (Phi) is 6.34. The van der Waals surface area contributed by atoms with Crippen molar-refractivity contribution in [1.82, 2.24) is 9.88 Å². The van der Waals surface area contributed by atoms with E-state index in [2.05, 4.69) is 53.4 Å². The molecule has 0 bridgehead atoms. The van der Waals surface area contributed by atoms with Crippen LogP contribution in [0.5, 0.6) is 0 Å². The Hall–Kier alpha value is -2.05. The molecule has 0 aliphatic carbocycles. The lowest BCUT2D eigenvalue weighted by atomic mass is 10.00. The van der Waals surface area contributed by atoms with Crippen molar-refractivity contribution in [2.24, 2.45) is 0 Å². The van der Waals surface area contributed by atoms with Gasteiger partial charge in [-0.25, -0.2) is 4.98 Å². The van der Waals surface area contributed by atoms with Crippen molar-refractivity contribution in [3.05, 3.63) is 75.5 Å². The van der Waals surface area contributed by atoms with Gasteiger partial charge in [-0.2, -0.15) is 0 Å². The Morgan fingerprint density at radius 1 is 1.07 bits per heavy atom. The van der Waals surface area contributed by atoms with E-state index in [4.69, 9.17) is 4.98 Å². The molecular weight excluding hydrogens is 432 g/mol. The summed E-state index contributed by atoms with van der Waals surface area (Å²) in [4.78, 5) is 22.0. The normalized spacial score (nSPS) is 13.8. The minimum atomic E-state index is 0. The number of aromatic nitrogens is 1. The molecule has 3 heterocycles. The number of hydrogen-bond acceptors (Lipinski definition) is 5. The van der Waals surface area contributed by atoms with Crippen molar-refractivity contribution < 1.29 is 4.79 Å².